The molecule has 22 heavy (non-hydrogen) atoms. The molecule has 0 saturated heterocycles. The van der Waals surface area contributed by atoms with Crippen molar-refractivity contribution >= 4 is 0 Å². The minimum atomic E-state index is 0.678. The molecule has 2 heteroatoms. The molecule has 0 amide bonds. The van der Waals surface area contributed by atoms with Crippen LogP contribution in [0.25, 0.3) is 0 Å². The summed E-state index contributed by atoms with van der Waals surface area (Å²) >= 11 is 0. The summed E-state index contributed by atoms with van der Waals surface area (Å²) in [5.41, 5.74) is 5.20. The van der Waals surface area contributed by atoms with Crippen LogP contribution in [0.4, 0.5) is 0 Å². The number of hydrogen-bond acceptors (Lipinski definition) is 2. The van der Waals surface area contributed by atoms with Gasteiger partial charge in [0.1, 0.15) is 5.75 Å². The van der Waals surface area contributed by atoms with Gasteiger partial charge in [0, 0.05) is 6.42 Å². The number of ether oxygens (including phenoxy) is 2. The van der Waals surface area contributed by atoms with E-state index in [0.29, 0.717) is 13.2 Å². The van der Waals surface area contributed by atoms with Crippen molar-refractivity contribution in [2.24, 2.45) is 0 Å². The molecular formula is C20H26O2. The molecule has 0 heterocycles. The van der Waals surface area contributed by atoms with Crippen molar-refractivity contribution < 1.29 is 9.47 Å². The predicted molar refractivity (Wildman–Crippen MR) is 91.5 cm³/mol. The van der Waals surface area contributed by atoms with Crippen LogP contribution in [0.1, 0.15) is 35.6 Å². The van der Waals surface area contributed by atoms with Gasteiger partial charge in [-0.1, -0.05) is 42.8 Å². The van der Waals surface area contributed by atoms with Crippen molar-refractivity contribution in [3.8, 4) is 5.75 Å². The lowest BCUT2D eigenvalue weighted by molar-refractivity contribution is 0.107. The first-order valence-electron chi connectivity index (χ1n) is 8.04. The molecule has 2 aromatic rings. The maximum Gasteiger partial charge on any atom is 0.119 e. The minimum absolute atomic E-state index is 0.678. The van der Waals surface area contributed by atoms with Gasteiger partial charge in [-0.25, -0.2) is 0 Å². The summed E-state index contributed by atoms with van der Waals surface area (Å²) in [6, 6.07) is 14.8. The van der Waals surface area contributed by atoms with Gasteiger partial charge in [-0.3, -0.25) is 0 Å². The fourth-order valence-electron chi connectivity index (χ4n) is 2.36. The highest BCUT2D eigenvalue weighted by Gasteiger charge is 1.99. The Morgan fingerprint density at radius 1 is 0.909 bits per heavy atom. The zero-order valence-electron chi connectivity index (χ0n) is 13.9. The monoisotopic (exact) mass is 298 g/mol. The van der Waals surface area contributed by atoms with E-state index < -0.39 is 0 Å². The molecule has 0 aromatic heterocycles. The molecule has 0 atom stereocenters. The van der Waals surface area contributed by atoms with Crippen molar-refractivity contribution in [3.63, 3.8) is 0 Å². The topological polar surface area (TPSA) is 18.5 Å². The van der Waals surface area contributed by atoms with E-state index in [0.717, 1.165) is 25.2 Å². The molecule has 0 bridgehead atoms. The van der Waals surface area contributed by atoms with E-state index in [-0.39, 0.29) is 0 Å². The molecule has 0 unspecified atom stereocenters. The minimum Gasteiger partial charge on any atom is -0.494 e. The number of benzene rings is 2. The molecule has 0 radical (unpaired) electrons. The maximum absolute atomic E-state index is 5.73. The van der Waals surface area contributed by atoms with Crippen LogP contribution in [0.15, 0.2) is 42.5 Å². The van der Waals surface area contributed by atoms with Crippen LogP contribution in [-0.4, -0.2) is 13.2 Å². The van der Waals surface area contributed by atoms with E-state index >= 15 is 0 Å². The molecule has 2 nitrogen and oxygen atoms in total. The van der Waals surface area contributed by atoms with Crippen LogP contribution >= 0.6 is 0 Å². The number of rotatable bonds is 8. The Labute approximate surface area is 134 Å². The van der Waals surface area contributed by atoms with Gasteiger partial charge in [-0.15, -0.1) is 0 Å². The van der Waals surface area contributed by atoms with E-state index in [1.54, 1.807) is 0 Å². The van der Waals surface area contributed by atoms with E-state index in [4.69, 9.17) is 9.47 Å². The molecule has 0 N–H and O–H groups in total. The zero-order valence-corrected chi connectivity index (χ0v) is 13.9. The van der Waals surface area contributed by atoms with Gasteiger partial charge in [0.25, 0.3) is 0 Å². The van der Waals surface area contributed by atoms with Crippen LogP contribution < -0.4 is 4.74 Å². The SMILES string of the molecule is CCc1ccc(OCCCOCc2ccc(C)cc2C)cc1. The van der Waals surface area contributed by atoms with E-state index in [1.807, 2.05) is 12.1 Å². The normalized spacial score (nSPS) is 10.7. The first-order valence-corrected chi connectivity index (χ1v) is 8.04. The molecule has 118 valence electrons. The Morgan fingerprint density at radius 2 is 1.68 bits per heavy atom. The second-order valence-corrected chi connectivity index (χ2v) is 5.68. The molecule has 0 aliphatic heterocycles. The summed E-state index contributed by atoms with van der Waals surface area (Å²) in [4.78, 5) is 0. The van der Waals surface area contributed by atoms with E-state index in [1.165, 1.54) is 22.3 Å². The Balaban J connectivity index is 1.62. The molecule has 0 fully saturated rings. The summed E-state index contributed by atoms with van der Waals surface area (Å²) in [5.74, 6) is 0.937. The number of hydrogen-bond donors (Lipinski definition) is 0. The molecule has 2 rings (SSSR count). The quantitative estimate of drug-likeness (QED) is 0.648. The molecular weight excluding hydrogens is 272 g/mol. The third-order valence-electron chi connectivity index (χ3n) is 3.79. The lowest BCUT2D eigenvalue weighted by Crippen LogP contribution is -2.04. The highest BCUT2D eigenvalue weighted by molar-refractivity contribution is 5.29. The molecule has 0 saturated carbocycles. The van der Waals surface area contributed by atoms with E-state index in [2.05, 4.69) is 51.1 Å². The first-order chi connectivity index (χ1) is 10.7. The maximum atomic E-state index is 5.73. The Kier molecular flexibility index (Phi) is 6.47. The molecule has 2 aromatic carbocycles. The van der Waals surface area contributed by atoms with Crippen molar-refractivity contribution in [1.29, 1.82) is 0 Å². The van der Waals surface area contributed by atoms with Crippen LogP contribution in [-0.2, 0) is 17.8 Å². The van der Waals surface area contributed by atoms with Gasteiger partial charge in [0.05, 0.1) is 19.8 Å². The molecule has 0 spiro atoms. The Bertz CT molecular complexity index is 573. The summed E-state index contributed by atoms with van der Waals surface area (Å²) in [5, 5.41) is 0. The summed E-state index contributed by atoms with van der Waals surface area (Å²) < 4.78 is 11.5. The average Bonchev–Trinajstić information content (AvgIpc) is 2.53. The van der Waals surface area contributed by atoms with Crippen LogP contribution in [0.3, 0.4) is 0 Å². The summed E-state index contributed by atoms with van der Waals surface area (Å²) in [7, 11) is 0. The second kappa shape index (κ2) is 8.60. The smallest absolute Gasteiger partial charge is 0.119 e. The molecule has 0 aliphatic carbocycles. The van der Waals surface area contributed by atoms with Crippen LogP contribution in [0, 0.1) is 13.8 Å². The van der Waals surface area contributed by atoms with Gasteiger partial charge in [0.2, 0.25) is 0 Å². The second-order valence-electron chi connectivity index (χ2n) is 5.68. The lowest BCUT2D eigenvalue weighted by Gasteiger charge is -2.09. The van der Waals surface area contributed by atoms with Crippen molar-refractivity contribution in [3.05, 3.63) is 64.7 Å². The van der Waals surface area contributed by atoms with Gasteiger partial charge in [-0.2, -0.15) is 0 Å². The molecule has 0 aliphatic rings. The van der Waals surface area contributed by atoms with Crippen LogP contribution in [0.5, 0.6) is 5.75 Å². The highest BCUT2D eigenvalue weighted by Crippen LogP contribution is 2.13. The predicted octanol–water partition coefficient (Wildman–Crippen LogP) is 4.85. The lowest BCUT2D eigenvalue weighted by atomic mass is 10.1. The standard InChI is InChI=1S/C20H26O2/c1-4-18-7-10-20(11-8-18)22-13-5-12-21-15-19-9-6-16(2)14-17(19)3/h6-11,14H,4-5,12-13,15H2,1-3H3. The van der Waals surface area contributed by atoms with Crippen LogP contribution in [0.2, 0.25) is 0 Å². The zero-order chi connectivity index (χ0) is 15.8. The van der Waals surface area contributed by atoms with Gasteiger partial charge >= 0.3 is 0 Å². The van der Waals surface area contributed by atoms with Crippen molar-refractivity contribution in [2.45, 2.75) is 40.2 Å². The number of aryl methyl sites for hydroxylation is 3. The van der Waals surface area contributed by atoms with Crippen molar-refractivity contribution in [2.75, 3.05) is 13.2 Å². The highest BCUT2D eigenvalue weighted by atomic mass is 16.5. The van der Waals surface area contributed by atoms with Crippen molar-refractivity contribution in [1.82, 2.24) is 0 Å². The van der Waals surface area contributed by atoms with E-state index in [9.17, 15) is 0 Å². The van der Waals surface area contributed by atoms with Gasteiger partial charge < -0.3 is 9.47 Å². The summed E-state index contributed by atoms with van der Waals surface area (Å²) in [6.07, 6.45) is 1.97. The average molecular weight is 298 g/mol. The Hall–Kier alpha value is -1.80. The van der Waals surface area contributed by atoms with Gasteiger partial charge in [0.15, 0.2) is 0 Å². The fourth-order valence-corrected chi connectivity index (χ4v) is 2.36. The third kappa shape index (κ3) is 5.19. The van der Waals surface area contributed by atoms with Gasteiger partial charge in [-0.05, 0) is 49.1 Å². The first kappa shape index (κ1) is 16.6. The fraction of sp³-hybridized carbons (Fsp3) is 0.400. The largest absolute Gasteiger partial charge is 0.494 e. The Morgan fingerprint density at radius 3 is 2.36 bits per heavy atom. The summed E-state index contributed by atoms with van der Waals surface area (Å²) in [6.45, 7) is 8.50. The third-order valence-corrected chi connectivity index (χ3v) is 3.79.